The summed E-state index contributed by atoms with van der Waals surface area (Å²) < 4.78 is 0. The zero-order chi connectivity index (χ0) is 13.1. The van der Waals surface area contributed by atoms with E-state index in [4.69, 9.17) is 5.11 Å². The maximum absolute atomic E-state index is 11.1. The van der Waals surface area contributed by atoms with Gasteiger partial charge in [0.25, 0.3) is 0 Å². The third-order valence-corrected chi connectivity index (χ3v) is 3.70. The fourth-order valence-corrected chi connectivity index (χ4v) is 2.67. The molecule has 1 heterocycles. The Morgan fingerprint density at radius 2 is 2.22 bits per heavy atom. The number of hydrogen-bond acceptors (Lipinski definition) is 4. The summed E-state index contributed by atoms with van der Waals surface area (Å²) in [7, 11) is 0. The van der Waals surface area contributed by atoms with Crippen molar-refractivity contribution in [2.45, 2.75) is 39.2 Å². The molecule has 0 bridgehead atoms. The number of carboxylic acid groups (broad SMARTS) is 1. The Morgan fingerprint density at radius 1 is 1.44 bits per heavy atom. The molecule has 1 fully saturated rings. The van der Waals surface area contributed by atoms with E-state index < -0.39 is 5.97 Å². The van der Waals surface area contributed by atoms with E-state index in [1.807, 2.05) is 0 Å². The molecular formula is C13H19N3O2. The first kappa shape index (κ1) is 12.8. The number of carbonyl (C=O) groups is 1. The van der Waals surface area contributed by atoms with Crippen molar-refractivity contribution in [3.8, 4) is 0 Å². The number of hydrogen-bond donors (Lipinski definition) is 2. The van der Waals surface area contributed by atoms with Gasteiger partial charge in [-0.05, 0) is 37.2 Å². The van der Waals surface area contributed by atoms with Gasteiger partial charge < -0.3 is 10.4 Å². The summed E-state index contributed by atoms with van der Waals surface area (Å²) >= 11 is 0. The summed E-state index contributed by atoms with van der Waals surface area (Å²) in [5, 5.41) is 20.0. The van der Waals surface area contributed by atoms with Crippen LogP contribution in [0, 0.1) is 11.8 Å². The van der Waals surface area contributed by atoms with Crippen molar-refractivity contribution >= 4 is 11.8 Å². The quantitative estimate of drug-likeness (QED) is 0.860. The standard InChI is InChI=1S/C13H19N3O2/c1-8-3-4-11(9(2)7-8)15-12-10(13(17)18)5-6-14-16-12/h5-6,8-9,11H,3-4,7H2,1-2H3,(H,15,16)(H,17,18). The highest BCUT2D eigenvalue weighted by Crippen LogP contribution is 2.30. The predicted octanol–water partition coefficient (Wildman–Crippen LogP) is 2.41. The van der Waals surface area contributed by atoms with E-state index in [1.54, 1.807) is 0 Å². The lowest BCUT2D eigenvalue weighted by atomic mass is 9.80. The van der Waals surface area contributed by atoms with Crippen molar-refractivity contribution in [2.24, 2.45) is 11.8 Å². The molecule has 2 N–H and O–H groups in total. The van der Waals surface area contributed by atoms with Crippen LogP contribution in [0.25, 0.3) is 0 Å². The average molecular weight is 249 g/mol. The molecular weight excluding hydrogens is 230 g/mol. The van der Waals surface area contributed by atoms with Gasteiger partial charge in [-0.1, -0.05) is 13.8 Å². The maximum Gasteiger partial charge on any atom is 0.339 e. The Morgan fingerprint density at radius 3 is 2.89 bits per heavy atom. The highest BCUT2D eigenvalue weighted by Gasteiger charge is 2.26. The molecule has 0 aliphatic heterocycles. The molecule has 5 heteroatoms. The van der Waals surface area contributed by atoms with Crippen LogP contribution in [0.5, 0.6) is 0 Å². The van der Waals surface area contributed by atoms with Crippen molar-refractivity contribution in [3.63, 3.8) is 0 Å². The van der Waals surface area contributed by atoms with Crippen LogP contribution >= 0.6 is 0 Å². The van der Waals surface area contributed by atoms with Crippen LogP contribution in [0.3, 0.4) is 0 Å². The molecule has 3 unspecified atom stereocenters. The van der Waals surface area contributed by atoms with Crippen LogP contribution < -0.4 is 5.32 Å². The summed E-state index contributed by atoms with van der Waals surface area (Å²) in [5.41, 5.74) is 0.191. The minimum atomic E-state index is -0.968. The van der Waals surface area contributed by atoms with Crippen molar-refractivity contribution in [2.75, 3.05) is 5.32 Å². The third-order valence-electron chi connectivity index (χ3n) is 3.70. The second kappa shape index (κ2) is 5.33. The average Bonchev–Trinajstić information content (AvgIpc) is 2.33. The molecule has 1 aromatic rings. The summed E-state index contributed by atoms with van der Waals surface area (Å²) in [6.45, 7) is 4.46. The normalized spacial score (nSPS) is 27.8. The number of carboxylic acids is 1. The third kappa shape index (κ3) is 2.78. The maximum atomic E-state index is 11.1. The van der Waals surface area contributed by atoms with Gasteiger partial charge >= 0.3 is 5.97 Å². The summed E-state index contributed by atoms with van der Waals surface area (Å²) in [6.07, 6.45) is 4.80. The van der Waals surface area contributed by atoms with E-state index >= 15 is 0 Å². The zero-order valence-corrected chi connectivity index (χ0v) is 10.8. The molecule has 1 aliphatic carbocycles. The van der Waals surface area contributed by atoms with Crippen LogP contribution in [-0.2, 0) is 0 Å². The van der Waals surface area contributed by atoms with E-state index in [2.05, 4.69) is 29.4 Å². The van der Waals surface area contributed by atoms with E-state index in [0.717, 1.165) is 12.3 Å². The van der Waals surface area contributed by atoms with E-state index in [0.29, 0.717) is 11.7 Å². The largest absolute Gasteiger partial charge is 0.478 e. The Kier molecular flexibility index (Phi) is 3.79. The number of rotatable bonds is 3. The Bertz CT molecular complexity index is 436. The highest BCUT2D eigenvalue weighted by molar-refractivity contribution is 5.92. The molecule has 0 radical (unpaired) electrons. The van der Waals surface area contributed by atoms with Gasteiger partial charge in [0.05, 0.1) is 6.20 Å². The molecule has 1 saturated carbocycles. The van der Waals surface area contributed by atoms with Gasteiger partial charge in [-0.25, -0.2) is 4.79 Å². The number of nitrogens with one attached hydrogen (secondary N) is 1. The van der Waals surface area contributed by atoms with E-state index in [-0.39, 0.29) is 11.6 Å². The van der Waals surface area contributed by atoms with Crippen LogP contribution in [0.15, 0.2) is 12.3 Å². The molecule has 3 atom stereocenters. The van der Waals surface area contributed by atoms with Crippen molar-refractivity contribution in [1.82, 2.24) is 10.2 Å². The van der Waals surface area contributed by atoms with Crippen LogP contribution in [0.1, 0.15) is 43.5 Å². The van der Waals surface area contributed by atoms with Crippen LogP contribution in [0.2, 0.25) is 0 Å². The molecule has 18 heavy (non-hydrogen) atoms. The Balaban J connectivity index is 2.12. The fourth-order valence-electron chi connectivity index (χ4n) is 2.67. The molecule has 0 spiro atoms. The van der Waals surface area contributed by atoms with Crippen molar-refractivity contribution in [3.05, 3.63) is 17.8 Å². The van der Waals surface area contributed by atoms with E-state index in [9.17, 15) is 4.79 Å². The zero-order valence-electron chi connectivity index (χ0n) is 10.8. The topological polar surface area (TPSA) is 75.1 Å². The first-order valence-electron chi connectivity index (χ1n) is 6.39. The number of anilines is 1. The molecule has 0 aromatic carbocycles. The lowest BCUT2D eigenvalue weighted by Crippen LogP contribution is -2.34. The van der Waals surface area contributed by atoms with Gasteiger partial charge in [-0.15, -0.1) is 5.10 Å². The minimum absolute atomic E-state index is 0.191. The number of nitrogens with zero attached hydrogens (tertiary/aromatic N) is 2. The summed E-state index contributed by atoms with van der Waals surface area (Å²) in [6, 6.07) is 1.77. The van der Waals surface area contributed by atoms with Gasteiger partial charge in [0.1, 0.15) is 5.56 Å². The SMILES string of the molecule is CC1CCC(Nc2nnccc2C(=O)O)C(C)C1. The molecule has 1 aromatic heterocycles. The molecule has 0 amide bonds. The second-order valence-electron chi connectivity index (χ2n) is 5.24. The number of aromatic carboxylic acids is 1. The van der Waals surface area contributed by atoms with Gasteiger partial charge in [-0.2, -0.15) is 5.10 Å². The summed E-state index contributed by atoms with van der Waals surface area (Å²) in [5.74, 6) is 0.692. The van der Waals surface area contributed by atoms with Gasteiger partial charge in [0, 0.05) is 6.04 Å². The van der Waals surface area contributed by atoms with Crippen LogP contribution in [-0.4, -0.2) is 27.3 Å². The molecule has 98 valence electrons. The lowest BCUT2D eigenvalue weighted by molar-refractivity contribution is 0.0697. The van der Waals surface area contributed by atoms with Gasteiger partial charge in [0.15, 0.2) is 5.82 Å². The Labute approximate surface area is 107 Å². The van der Waals surface area contributed by atoms with E-state index in [1.165, 1.54) is 25.1 Å². The predicted molar refractivity (Wildman–Crippen MR) is 68.6 cm³/mol. The lowest BCUT2D eigenvalue weighted by Gasteiger charge is -2.33. The molecule has 2 rings (SSSR count). The van der Waals surface area contributed by atoms with Gasteiger partial charge in [-0.3, -0.25) is 0 Å². The molecule has 5 nitrogen and oxygen atoms in total. The highest BCUT2D eigenvalue weighted by atomic mass is 16.4. The van der Waals surface area contributed by atoms with Crippen molar-refractivity contribution in [1.29, 1.82) is 0 Å². The van der Waals surface area contributed by atoms with Crippen LogP contribution in [0.4, 0.5) is 5.82 Å². The Hall–Kier alpha value is -1.65. The first-order valence-corrected chi connectivity index (χ1v) is 6.39. The monoisotopic (exact) mass is 249 g/mol. The first-order chi connectivity index (χ1) is 8.58. The molecule has 1 aliphatic rings. The fraction of sp³-hybridized carbons (Fsp3) is 0.615. The number of aromatic nitrogens is 2. The summed E-state index contributed by atoms with van der Waals surface area (Å²) in [4.78, 5) is 11.1. The molecule has 0 saturated heterocycles. The second-order valence-corrected chi connectivity index (χ2v) is 5.24. The van der Waals surface area contributed by atoms with Crippen molar-refractivity contribution < 1.29 is 9.90 Å². The van der Waals surface area contributed by atoms with Gasteiger partial charge in [0.2, 0.25) is 0 Å². The minimum Gasteiger partial charge on any atom is -0.478 e. The smallest absolute Gasteiger partial charge is 0.339 e.